The van der Waals surface area contributed by atoms with E-state index in [2.05, 4.69) is 77.5 Å². The van der Waals surface area contributed by atoms with Crippen molar-refractivity contribution in [2.75, 3.05) is 0 Å². The summed E-state index contributed by atoms with van der Waals surface area (Å²) in [6.45, 7) is 11.7. The SMILES string of the molecule is CC(C)Sc1cc(Br)c(-c2sc([Si](C)(C)C)cc2Br)s1. The third-order valence-corrected chi connectivity index (χ3v) is 11.6. The Labute approximate surface area is 151 Å². The van der Waals surface area contributed by atoms with Gasteiger partial charge in [-0.3, -0.25) is 0 Å². The van der Waals surface area contributed by atoms with Gasteiger partial charge < -0.3 is 0 Å². The molecule has 2 aromatic heterocycles. The maximum atomic E-state index is 3.75. The van der Waals surface area contributed by atoms with E-state index in [0.29, 0.717) is 5.25 Å². The zero-order valence-electron chi connectivity index (χ0n) is 12.2. The number of thioether (sulfide) groups is 1. The fourth-order valence-corrected chi connectivity index (χ4v) is 9.48. The first-order valence-electron chi connectivity index (χ1n) is 6.44. The van der Waals surface area contributed by atoms with E-state index in [-0.39, 0.29) is 0 Å². The van der Waals surface area contributed by atoms with Gasteiger partial charge in [0.2, 0.25) is 0 Å². The van der Waals surface area contributed by atoms with E-state index in [4.69, 9.17) is 0 Å². The predicted molar refractivity (Wildman–Crippen MR) is 107 cm³/mol. The summed E-state index contributed by atoms with van der Waals surface area (Å²) in [4.78, 5) is 2.73. The minimum atomic E-state index is -1.24. The zero-order chi connectivity index (χ0) is 15.1. The van der Waals surface area contributed by atoms with Gasteiger partial charge in [0.25, 0.3) is 0 Å². The van der Waals surface area contributed by atoms with E-state index in [1.807, 2.05) is 34.4 Å². The van der Waals surface area contributed by atoms with Crippen LogP contribution < -0.4 is 4.50 Å². The second kappa shape index (κ2) is 6.58. The third kappa shape index (κ3) is 4.01. The van der Waals surface area contributed by atoms with Gasteiger partial charge in [-0.25, -0.2) is 0 Å². The van der Waals surface area contributed by atoms with Crippen LogP contribution in [0.3, 0.4) is 0 Å². The van der Waals surface area contributed by atoms with E-state index >= 15 is 0 Å². The lowest BCUT2D eigenvalue weighted by atomic mass is 10.4. The molecular formula is C14H18Br2S3Si. The molecule has 0 spiro atoms. The molecule has 0 unspecified atom stereocenters. The van der Waals surface area contributed by atoms with Crippen LogP contribution in [0.15, 0.2) is 25.3 Å². The molecule has 0 aliphatic carbocycles. The molecule has 0 radical (unpaired) electrons. The Bertz CT molecular complexity index is 608. The summed E-state index contributed by atoms with van der Waals surface area (Å²) >= 11 is 13.3. The van der Waals surface area contributed by atoms with E-state index in [1.165, 1.54) is 22.9 Å². The van der Waals surface area contributed by atoms with Crippen molar-refractivity contribution in [1.29, 1.82) is 0 Å². The van der Waals surface area contributed by atoms with Gasteiger partial charge in [-0.05, 0) is 48.5 Å². The van der Waals surface area contributed by atoms with Crippen molar-refractivity contribution in [2.45, 2.75) is 42.9 Å². The van der Waals surface area contributed by atoms with Crippen LogP contribution in [0.4, 0.5) is 0 Å². The normalized spacial score (nSPS) is 12.4. The van der Waals surface area contributed by atoms with Crippen LogP contribution in [-0.2, 0) is 0 Å². The Balaban J connectivity index is 2.41. The van der Waals surface area contributed by atoms with Crippen LogP contribution in [0.25, 0.3) is 9.75 Å². The van der Waals surface area contributed by atoms with Crippen molar-refractivity contribution in [3.05, 3.63) is 21.1 Å². The Kier molecular flexibility index (Phi) is 5.69. The van der Waals surface area contributed by atoms with Crippen molar-refractivity contribution in [1.82, 2.24) is 0 Å². The van der Waals surface area contributed by atoms with Crippen molar-refractivity contribution >= 4 is 78.9 Å². The fraction of sp³-hybridized carbons (Fsp3) is 0.429. The highest BCUT2D eigenvalue weighted by molar-refractivity contribution is 9.11. The van der Waals surface area contributed by atoms with Crippen molar-refractivity contribution < 1.29 is 0 Å². The number of halogens is 2. The summed E-state index contributed by atoms with van der Waals surface area (Å²) in [6, 6.07) is 4.58. The highest BCUT2D eigenvalue weighted by Crippen LogP contribution is 2.46. The largest absolute Gasteiger partial charge is 0.143 e. The fourth-order valence-electron chi connectivity index (χ4n) is 1.69. The van der Waals surface area contributed by atoms with Gasteiger partial charge in [-0.2, -0.15) is 0 Å². The molecule has 6 heteroatoms. The summed E-state index contributed by atoms with van der Waals surface area (Å²) in [5, 5.41) is 0.623. The summed E-state index contributed by atoms with van der Waals surface area (Å²) in [5.74, 6) is 0. The number of hydrogen-bond donors (Lipinski definition) is 0. The average Bonchev–Trinajstić information content (AvgIpc) is 2.80. The molecule has 0 bridgehead atoms. The molecule has 0 aromatic carbocycles. The van der Waals surface area contributed by atoms with Crippen molar-refractivity contribution in [2.24, 2.45) is 0 Å². The van der Waals surface area contributed by atoms with Gasteiger partial charge in [-0.1, -0.05) is 33.5 Å². The minimum Gasteiger partial charge on any atom is -0.143 e. The Morgan fingerprint density at radius 1 is 1.00 bits per heavy atom. The highest BCUT2D eigenvalue weighted by Gasteiger charge is 2.23. The van der Waals surface area contributed by atoms with Crippen LogP contribution >= 0.6 is 66.3 Å². The van der Waals surface area contributed by atoms with E-state index < -0.39 is 8.07 Å². The summed E-state index contributed by atoms with van der Waals surface area (Å²) in [7, 11) is -1.24. The molecule has 2 aromatic rings. The monoisotopic (exact) mass is 468 g/mol. The molecule has 0 aliphatic rings. The molecule has 0 aliphatic heterocycles. The maximum Gasteiger partial charge on any atom is 0.0904 e. The summed E-state index contributed by atoms with van der Waals surface area (Å²) in [5.41, 5.74) is 0. The molecule has 0 saturated carbocycles. The lowest BCUT2D eigenvalue weighted by molar-refractivity contribution is 1.11. The number of thiophene rings is 2. The lowest BCUT2D eigenvalue weighted by Gasteiger charge is -2.12. The molecule has 0 amide bonds. The molecule has 0 atom stereocenters. The lowest BCUT2D eigenvalue weighted by Crippen LogP contribution is -2.34. The van der Waals surface area contributed by atoms with Gasteiger partial charge in [0.15, 0.2) is 0 Å². The Morgan fingerprint density at radius 3 is 2.05 bits per heavy atom. The molecule has 110 valence electrons. The molecule has 2 rings (SSSR count). The van der Waals surface area contributed by atoms with Crippen LogP contribution in [0, 0.1) is 0 Å². The van der Waals surface area contributed by atoms with Gasteiger partial charge in [0.1, 0.15) is 0 Å². The predicted octanol–water partition coefficient (Wildman–Crippen LogP) is 7.05. The summed E-state index contributed by atoms with van der Waals surface area (Å²) < 4.78 is 5.40. The molecule has 2 heterocycles. The quantitative estimate of drug-likeness (QED) is 0.341. The Morgan fingerprint density at radius 2 is 1.55 bits per heavy atom. The van der Waals surface area contributed by atoms with Crippen LogP contribution in [-0.4, -0.2) is 13.3 Å². The molecule has 0 saturated heterocycles. The molecule has 20 heavy (non-hydrogen) atoms. The molecule has 0 nitrogen and oxygen atoms in total. The maximum absolute atomic E-state index is 3.75. The van der Waals surface area contributed by atoms with Gasteiger partial charge in [0.05, 0.1) is 22.0 Å². The first-order chi connectivity index (χ1) is 9.18. The second-order valence-electron chi connectivity index (χ2n) is 5.95. The van der Waals surface area contributed by atoms with Crippen molar-refractivity contribution in [3.63, 3.8) is 0 Å². The van der Waals surface area contributed by atoms with E-state index in [1.54, 1.807) is 4.50 Å². The number of hydrogen-bond acceptors (Lipinski definition) is 3. The third-order valence-electron chi connectivity index (χ3n) is 2.65. The van der Waals surface area contributed by atoms with Crippen LogP contribution in [0.1, 0.15) is 13.8 Å². The van der Waals surface area contributed by atoms with Gasteiger partial charge in [0, 0.05) is 14.2 Å². The molecule has 0 fully saturated rings. The standard InChI is InChI=1S/C14H18Br2S3Si/c1-8(2)17-11-6-9(15)13(18-11)14-10(16)7-12(19-14)20(3,4)5/h6-8H,1-5H3. The van der Waals surface area contributed by atoms with Crippen LogP contribution in [0.2, 0.25) is 19.6 Å². The molecular weight excluding hydrogens is 452 g/mol. The molecule has 0 N–H and O–H groups in total. The average molecular weight is 470 g/mol. The topological polar surface area (TPSA) is 0 Å². The first-order valence-corrected chi connectivity index (χ1v) is 14.0. The first kappa shape index (κ1) is 17.3. The Hall–Kier alpha value is 0.927. The van der Waals surface area contributed by atoms with Gasteiger partial charge >= 0.3 is 0 Å². The van der Waals surface area contributed by atoms with Crippen molar-refractivity contribution in [3.8, 4) is 9.75 Å². The van der Waals surface area contributed by atoms with Gasteiger partial charge in [-0.15, -0.1) is 34.4 Å². The second-order valence-corrected chi connectivity index (χ2v) is 17.0. The van der Waals surface area contributed by atoms with E-state index in [9.17, 15) is 0 Å². The minimum absolute atomic E-state index is 0.623. The van der Waals surface area contributed by atoms with E-state index in [0.717, 1.165) is 0 Å². The zero-order valence-corrected chi connectivity index (χ0v) is 18.8. The number of rotatable bonds is 4. The smallest absolute Gasteiger partial charge is 0.0904 e. The van der Waals surface area contributed by atoms with Crippen LogP contribution in [0.5, 0.6) is 0 Å². The summed E-state index contributed by atoms with van der Waals surface area (Å²) in [6.07, 6.45) is 0. The highest BCUT2D eigenvalue weighted by atomic mass is 79.9.